The van der Waals surface area contributed by atoms with Crippen molar-refractivity contribution in [2.45, 2.75) is 51.2 Å². The number of hydrogen-bond acceptors (Lipinski definition) is 4. The van der Waals surface area contributed by atoms with Crippen molar-refractivity contribution in [1.82, 2.24) is 15.0 Å². The monoisotopic (exact) mass is 280 g/mol. The van der Waals surface area contributed by atoms with Gasteiger partial charge in [0.15, 0.2) is 0 Å². The van der Waals surface area contributed by atoms with Gasteiger partial charge in [0.25, 0.3) is 0 Å². The Labute approximate surface area is 118 Å². The Morgan fingerprint density at radius 3 is 2.65 bits per heavy atom. The van der Waals surface area contributed by atoms with Crippen LogP contribution in [-0.4, -0.2) is 39.5 Å². The number of H-pyrrole nitrogens is 1. The minimum absolute atomic E-state index is 0.443. The highest BCUT2D eigenvalue weighted by Gasteiger charge is 2.50. The standard InChI is InChI=1S/C12H19BN3O4/c1-11(2,3)19-13-20-16(10(17)18)12(5-4-6-12)9-14-7-8-15-9/h7-8H,4-6H2,1-3H3,(H,14,15)(H,17,18). The van der Waals surface area contributed by atoms with E-state index in [0.717, 1.165) is 19.2 Å². The van der Waals surface area contributed by atoms with Gasteiger partial charge in [-0.2, -0.15) is 5.06 Å². The third kappa shape index (κ3) is 2.96. The van der Waals surface area contributed by atoms with Crippen molar-refractivity contribution in [3.05, 3.63) is 18.2 Å². The van der Waals surface area contributed by atoms with E-state index in [1.165, 1.54) is 0 Å². The van der Waals surface area contributed by atoms with Crippen LogP contribution in [-0.2, 0) is 14.9 Å². The molecule has 1 aliphatic rings. The fourth-order valence-electron chi connectivity index (χ4n) is 2.11. The lowest BCUT2D eigenvalue weighted by molar-refractivity contribution is -0.166. The Kier molecular flexibility index (Phi) is 4.05. The number of nitrogens with one attached hydrogen (secondary N) is 1. The number of aromatic nitrogens is 2. The highest BCUT2D eigenvalue weighted by molar-refractivity contribution is 6.18. The first kappa shape index (κ1) is 14.9. The van der Waals surface area contributed by atoms with E-state index in [1.54, 1.807) is 12.4 Å². The molecular formula is C12H19BN3O4. The Hall–Kier alpha value is -1.54. The van der Waals surface area contributed by atoms with Crippen LogP contribution in [0.1, 0.15) is 45.9 Å². The van der Waals surface area contributed by atoms with E-state index in [2.05, 4.69) is 9.97 Å². The second-order valence-electron chi connectivity index (χ2n) is 5.83. The van der Waals surface area contributed by atoms with Gasteiger partial charge in [-0.15, -0.1) is 0 Å². The fraction of sp³-hybridized carbons (Fsp3) is 0.667. The predicted molar refractivity (Wildman–Crippen MR) is 71.7 cm³/mol. The van der Waals surface area contributed by atoms with E-state index >= 15 is 0 Å². The van der Waals surface area contributed by atoms with Crippen molar-refractivity contribution in [2.75, 3.05) is 0 Å². The lowest BCUT2D eigenvalue weighted by atomic mass is 9.75. The van der Waals surface area contributed by atoms with Crippen molar-refractivity contribution < 1.29 is 19.3 Å². The SMILES string of the molecule is CC(C)(C)O[B]ON(C(=O)O)C1(c2ncc[nH]2)CCC1. The molecule has 1 amide bonds. The summed E-state index contributed by atoms with van der Waals surface area (Å²) in [6.07, 6.45) is 4.35. The number of amides is 1. The molecule has 0 bridgehead atoms. The number of hydroxylamine groups is 2. The van der Waals surface area contributed by atoms with Crippen LogP contribution in [0.25, 0.3) is 0 Å². The van der Waals surface area contributed by atoms with Crippen molar-refractivity contribution >= 4 is 13.8 Å². The van der Waals surface area contributed by atoms with Gasteiger partial charge in [-0.3, -0.25) is 4.76 Å². The minimum atomic E-state index is -1.17. The topological polar surface area (TPSA) is 87.7 Å². The van der Waals surface area contributed by atoms with Gasteiger partial charge in [-0.05, 0) is 40.0 Å². The Bertz CT molecular complexity index is 454. The second kappa shape index (κ2) is 5.45. The second-order valence-corrected chi connectivity index (χ2v) is 5.83. The minimum Gasteiger partial charge on any atom is -0.463 e. The molecule has 2 rings (SSSR count). The van der Waals surface area contributed by atoms with E-state index in [-0.39, 0.29) is 0 Å². The average molecular weight is 280 g/mol. The quantitative estimate of drug-likeness (QED) is 0.636. The summed E-state index contributed by atoms with van der Waals surface area (Å²) in [5, 5.41) is 10.3. The van der Waals surface area contributed by atoms with Crippen LogP contribution >= 0.6 is 0 Å². The maximum Gasteiger partial charge on any atom is 0.514 e. The summed E-state index contributed by atoms with van der Waals surface area (Å²) < 4.78 is 10.5. The summed E-state index contributed by atoms with van der Waals surface area (Å²) >= 11 is 0. The van der Waals surface area contributed by atoms with E-state index in [1.807, 2.05) is 20.8 Å². The Morgan fingerprint density at radius 2 is 2.25 bits per heavy atom. The molecule has 20 heavy (non-hydrogen) atoms. The summed E-state index contributed by atoms with van der Waals surface area (Å²) in [6.45, 7) is 5.55. The van der Waals surface area contributed by atoms with Crippen LogP contribution in [0, 0.1) is 0 Å². The number of imidazole rings is 1. The van der Waals surface area contributed by atoms with E-state index < -0.39 is 17.2 Å². The van der Waals surface area contributed by atoms with Crippen molar-refractivity contribution in [3.63, 3.8) is 0 Å². The summed E-state index contributed by atoms with van der Waals surface area (Å²) in [4.78, 5) is 18.6. The molecule has 0 spiro atoms. The lowest BCUT2D eigenvalue weighted by Gasteiger charge is -2.46. The van der Waals surface area contributed by atoms with Gasteiger partial charge in [0, 0.05) is 18.0 Å². The van der Waals surface area contributed by atoms with Gasteiger partial charge in [0.05, 0.1) is 0 Å². The van der Waals surface area contributed by atoms with E-state index in [4.69, 9.17) is 9.41 Å². The molecular weight excluding hydrogens is 261 g/mol. The maximum atomic E-state index is 11.5. The highest BCUT2D eigenvalue weighted by Crippen LogP contribution is 2.45. The molecule has 1 radical (unpaired) electrons. The van der Waals surface area contributed by atoms with Crippen LogP contribution in [0.2, 0.25) is 0 Å². The fourth-order valence-corrected chi connectivity index (χ4v) is 2.11. The summed E-state index contributed by atoms with van der Waals surface area (Å²) in [7, 11) is 1.07. The first-order chi connectivity index (χ1) is 9.35. The van der Waals surface area contributed by atoms with E-state index in [9.17, 15) is 9.90 Å². The van der Waals surface area contributed by atoms with Crippen molar-refractivity contribution in [2.24, 2.45) is 0 Å². The molecule has 0 aliphatic heterocycles. The van der Waals surface area contributed by atoms with Crippen LogP contribution in [0.15, 0.2) is 12.4 Å². The normalized spacial score (nSPS) is 17.4. The number of hydrogen-bond donors (Lipinski definition) is 2. The molecule has 0 aromatic carbocycles. The molecule has 1 saturated carbocycles. The first-order valence-corrected chi connectivity index (χ1v) is 6.54. The molecule has 0 atom stereocenters. The summed E-state index contributed by atoms with van der Waals surface area (Å²) in [6, 6.07) is 0. The average Bonchev–Trinajstić information content (AvgIpc) is 2.77. The molecule has 1 aromatic heterocycles. The zero-order valence-electron chi connectivity index (χ0n) is 11.9. The van der Waals surface area contributed by atoms with Crippen LogP contribution < -0.4 is 0 Å². The van der Waals surface area contributed by atoms with Gasteiger partial charge in [0.2, 0.25) is 0 Å². The Morgan fingerprint density at radius 1 is 1.55 bits per heavy atom. The molecule has 7 nitrogen and oxygen atoms in total. The molecule has 1 aromatic rings. The van der Waals surface area contributed by atoms with Crippen LogP contribution in [0.5, 0.6) is 0 Å². The first-order valence-electron chi connectivity index (χ1n) is 6.54. The number of nitrogens with zero attached hydrogens (tertiary/aromatic N) is 2. The molecule has 8 heteroatoms. The molecule has 2 N–H and O–H groups in total. The lowest BCUT2D eigenvalue weighted by Crippen LogP contribution is -2.54. The number of carbonyl (C=O) groups is 1. The van der Waals surface area contributed by atoms with Gasteiger partial charge in [-0.25, -0.2) is 9.78 Å². The van der Waals surface area contributed by atoms with Gasteiger partial charge in [0.1, 0.15) is 11.4 Å². The molecule has 1 aliphatic carbocycles. The van der Waals surface area contributed by atoms with Gasteiger partial charge in [-0.1, -0.05) is 0 Å². The molecule has 0 unspecified atom stereocenters. The number of aromatic amines is 1. The van der Waals surface area contributed by atoms with Crippen LogP contribution in [0.3, 0.4) is 0 Å². The van der Waals surface area contributed by atoms with Crippen molar-refractivity contribution in [3.8, 4) is 0 Å². The number of carboxylic acid groups (broad SMARTS) is 1. The maximum absolute atomic E-state index is 11.5. The zero-order valence-corrected chi connectivity index (χ0v) is 11.9. The predicted octanol–water partition coefficient (Wildman–Crippen LogP) is 2.05. The van der Waals surface area contributed by atoms with Gasteiger partial charge < -0.3 is 14.7 Å². The van der Waals surface area contributed by atoms with Crippen molar-refractivity contribution in [1.29, 1.82) is 0 Å². The third-order valence-corrected chi connectivity index (χ3v) is 3.23. The largest absolute Gasteiger partial charge is 0.514 e. The molecule has 1 fully saturated rings. The zero-order chi connectivity index (χ0) is 14.8. The summed E-state index contributed by atoms with van der Waals surface area (Å²) in [5.41, 5.74) is -1.20. The smallest absolute Gasteiger partial charge is 0.463 e. The molecule has 1 heterocycles. The molecule has 0 saturated heterocycles. The highest BCUT2D eigenvalue weighted by atomic mass is 16.7. The van der Waals surface area contributed by atoms with Gasteiger partial charge >= 0.3 is 13.8 Å². The molecule has 109 valence electrons. The van der Waals surface area contributed by atoms with E-state index in [0.29, 0.717) is 18.7 Å². The summed E-state index contributed by atoms with van der Waals surface area (Å²) in [5.74, 6) is 0.593. The van der Waals surface area contributed by atoms with Crippen LogP contribution in [0.4, 0.5) is 4.79 Å². The third-order valence-electron chi connectivity index (χ3n) is 3.23. The Balaban J connectivity index is 2.09. The number of rotatable bonds is 5.